The number of hydrogen-bond acceptors (Lipinski definition) is 5. The fourth-order valence-electron chi connectivity index (χ4n) is 1.36. The van der Waals surface area contributed by atoms with Gasteiger partial charge in [-0.25, -0.2) is 9.89 Å². The van der Waals surface area contributed by atoms with Gasteiger partial charge in [-0.3, -0.25) is 9.36 Å². The van der Waals surface area contributed by atoms with Gasteiger partial charge in [-0.1, -0.05) is 18.7 Å². The molecule has 1 aromatic heterocycles. The number of thioether (sulfide) groups is 1. The molecule has 1 aromatic rings. The Morgan fingerprint density at radius 1 is 1.71 bits per heavy atom. The minimum atomic E-state index is -1.05. The number of rotatable bonds is 5. The molecule has 0 saturated carbocycles. The second kappa shape index (κ2) is 4.92. The molecule has 0 spiro atoms. The van der Waals surface area contributed by atoms with Crippen LogP contribution in [0.1, 0.15) is 20.3 Å². The highest BCUT2D eigenvalue weighted by molar-refractivity contribution is 7.99. The Hall–Kier alpha value is -1.28. The molecular weight excluding hydrogens is 242 g/mol. The number of H-pyrrole nitrogens is 1. The predicted molar refractivity (Wildman–Crippen MR) is 65.6 cm³/mol. The molecule has 0 saturated heterocycles. The number of amides is 1. The highest BCUT2D eigenvalue weighted by Crippen LogP contribution is 2.25. The summed E-state index contributed by atoms with van der Waals surface area (Å²) >= 11 is 1.37. The van der Waals surface area contributed by atoms with E-state index in [1.165, 1.54) is 16.3 Å². The standard InChI is InChI=1S/C9H17N5O2S/c1-5(4-9(2,11)6(10)15)17-8-13-12-7(16)14(8)3/h5H,4,11H2,1-3H3,(H2,10,15)(H,12,16). The molecule has 5 N–H and O–H groups in total. The molecule has 1 amide bonds. The van der Waals surface area contributed by atoms with Crippen molar-refractivity contribution >= 4 is 17.7 Å². The van der Waals surface area contributed by atoms with Gasteiger partial charge >= 0.3 is 5.69 Å². The van der Waals surface area contributed by atoms with E-state index in [-0.39, 0.29) is 10.9 Å². The first-order chi connectivity index (χ1) is 7.74. The first-order valence-electron chi connectivity index (χ1n) is 5.11. The van der Waals surface area contributed by atoms with E-state index in [0.717, 1.165) is 0 Å². The van der Waals surface area contributed by atoms with E-state index in [2.05, 4.69) is 10.2 Å². The van der Waals surface area contributed by atoms with Crippen LogP contribution in [0.4, 0.5) is 0 Å². The monoisotopic (exact) mass is 259 g/mol. The lowest BCUT2D eigenvalue weighted by atomic mass is 9.97. The molecule has 1 rings (SSSR count). The van der Waals surface area contributed by atoms with Crippen LogP contribution in [-0.4, -0.2) is 31.5 Å². The molecule has 0 radical (unpaired) electrons. The summed E-state index contributed by atoms with van der Waals surface area (Å²) in [6.45, 7) is 3.49. The van der Waals surface area contributed by atoms with E-state index in [1.807, 2.05) is 6.92 Å². The van der Waals surface area contributed by atoms with Crippen molar-refractivity contribution < 1.29 is 4.79 Å². The second-order valence-corrected chi connectivity index (χ2v) is 5.69. The number of primary amides is 1. The van der Waals surface area contributed by atoms with Gasteiger partial charge in [0.15, 0.2) is 5.16 Å². The maximum atomic E-state index is 11.1. The second-order valence-electron chi connectivity index (χ2n) is 4.28. The van der Waals surface area contributed by atoms with Crippen molar-refractivity contribution in [1.29, 1.82) is 0 Å². The van der Waals surface area contributed by atoms with Crippen LogP contribution in [0.5, 0.6) is 0 Å². The lowest BCUT2D eigenvalue weighted by Crippen LogP contribution is -2.50. The summed E-state index contributed by atoms with van der Waals surface area (Å²) in [5.41, 5.74) is 9.64. The summed E-state index contributed by atoms with van der Waals surface area (Å²) in [6, 6.07) is 0. The number of nitrogens with one attached hydrogen (secondary N) is 1. The van der Waals surface area contributed by atoms with E-state index >= 15 is 0 Å². The molecule has 0 fully saturated rings. The summed E-state index contributed by atoms with van der Waals surface area (Å²) < 4.78 is 1.40. The Morgan fingerprint density at radius 3 is 2.71 bits per heavy atom. The average molecular weight is 259 g/mol. The number of carbonyl (C=O) groups excluding carboxylic acids is 1. The summed E-state index contributed by atoms with van der Waals surface area (Å²) in [5.74, 6) is -0.541. The number of carbonyl (C=O) groups is 1. The first kappa shape index (κ1) is 13.8. The van der Waals surface area contributed by atoms with Gasteiger partial charge in [0.2, 0.25) is 5.91 Å². The lowest BCUT2D eigenvalue weighted by Gasteiger charge is -2.23. The van der Waals surface area contributed by atoms with Gasteiger partial charge in [0.05, 0.1) is 5.54 Å². The maximum Gasteiger partial charge on any atom is 0.343 e. The van der Waals surface area contributed by atoms with Crippen LogP contribution in [0.2, 0.25) is 0 Å². The normalized spacial score (nSPS) is 16.5. The number of aromatic nitrogens is 3. The minimum Gasteiger partial charge on any atom is -0.368 e. The van der Waals surface area contributed by atoms with Gasteiger partial charge in [0.25, 0.3) is 0 Å². The van der Waals surface area contributed by atoms with Gasteiger partial charge in [-0.05, 0) is 13.3 Å². The average Bonchev–Trinajstić information content (AvgIpc) is 2.48. The first-order valence-corrected chi connectivity index (χ1v) is 5.99. The number of aromatic amines is 1. The van der Waals surface area contributed by atoms with Crippen molar-refractivity contribution in [3.63, 3.8) is 0 Å². The SMILES string of the molecule is CC(CC(C)(N)C(N)=O)Sc1n[nH]c(=O)n1C. The molecule has 0 aliphatic rings. The number of nitrogens with zero attached hydrogens (tertiary/aromatic N) is 2. The van der Waals surface area contributed by atoms with Crippen LogP contribution in [0.3, 0.4) is 0 Å². The van der Waals surface area contributed by atoms with Crippen molar-refractivity contribution in [3.05, 3.63) is 10.5 Å². The van der Waals surface area contributed by atoms with Crippen LogP contribution in [-0.2, 0) is 11.8 Å². The molecule has 0 aliphatic heterocycles. The van der Waals surface area contributed by atoms with Crippen LogP contribution in [0, 0.1) is 0 Å². The fraction of sp³-hybridized carbons (Fsp3) is 0.667. The third kappa shape index (κ3) is 3.34. The maximum absolute atomic E-state index is 11.1. The molecule has 1 heterocycles. The predicted octanol–water partition coefficient (Wildman–Crippen LogP) is -0.818. The van der Waals surface area contributed by atoms with E-state index in [4.69, 9.17) is 11.5 Å². The summed E-state index contributed by atoms with van der Waals surface area (Å²) in [6.07, 6.45) is 0.411. The highest BCUT2D eigenvalue weighted by atomic mass is 32.2. The summed E-state index contributed by atoms with van der Waals surface area (Å²) in [7, 11) is 1.62. The molecule has 2 atom stereocenters. The number of hydrogen-bond donors (Lipinski definition) is 3. The van der Waals surface area contributed by atoms with Gasteiger partial charge in [0, 0.05) is 12.3 Å². The molecule has 0 bridgehead atoms. The number of nitrogens with two attached hydrogens (primary N) is 2. The van der Waals surface area contributed by atoms with Crippen molar-refractivity contribution in [1.82, 2.24) is 14.8 Å². The smallest absolute Gasteiger partial charge is 0.343 e. The van der Waals surface area contributed by atoms with Crippen LogP contribution < -0.4 is 17.2 Å². The topological polar surface area (TPSA) is 120 Å². The Kier molecular flexibility index (Phi) is 3.99. The van der Waals surface area contributed by atoms with Crippen molar-refractivity contribution in [2.75, 3.05) is 0 Å². The zero-order valence-electron chi connectivity index (χ0n) is 10.1. The molecular formula is C9H17N5O2S. The Bertz CT molecular complexity index is 464. The van der Waals surface area contributed by atoms with E-state index in [9.17, 15) is 9.59 Å². The van der Waals surface area contributed by atoms with Crippen LogP contribution in [0.25, 0.3) is 0 Å². The lowest BCUT2D eigenvalue weighted by molar-refractivity contribution is -0.122. The van der Waals surface area contributed by atoms with Crippen LogP contribution in [0.15, 0.2) is 9.95 Å². The summed E-state index contributed by atoms with van der Waals surface area (Å²) in [5, 5.41) is 6.78. The third-order valence-corrected chi connectivity index (χ3v) is 3.56. The highest BCUT2D eigenvalue weighted by Gasteiger charge is 2.28. The molecule has 0 aromatic carbocycles. The van der Waals surface area contributed by atoms with E-state index in [1.54, 1.807) is 14.0 Å². The largest absolute Gasteiger partial charge is 0.368 e. The van der Waals surface area contributed by atoms with Gasteiger partial charge in [0.1, 0.15) is 0 Å². The Morgan fingerprint density at radius 2 is 2.29 bits per heavy atom. The Labute approximate surface area is 103 Å². The molecule has 8 heteroatoms. The van der Waals surface area contributed by atoms with E-state index in [0.29, 0.717) is 11.6 Å². The molecule has 17 heavy (non-hydrogen) atoms. The molecule has 0 aliphatic carbocycles. The van der Waals surface area contributed by atoms with Crippen molar-refractivity contribution in [2.24, 2.45) is 18.5 Å². The quantitative estimate of drug-likeness (QED) is 0.597. The van der Waals surface area contributed by atoms with Crippen molar-refractivity contribution in [3.8, 4) is 0 Å². The third-order valence-electron chi connectivity index (χ3n) is 2.42. The molecule has 2 unspecified atom stereocenters. The minimum absolute atomic E-state index is 0.0198. The molecule has 7 nitrogen and oxygen atoms in total. The Balaban J connectivity index is 2.68. The fourth-order valence-corrected chi connectivity index (χ4v) is 2.49. The van der Waals surface area contributed by atoms with Crippen molar-refractivity contribution in [2.45, 2.75) is 36.2 Å². The summed E-state index contributed by atoms with van der Waals surface area (Å²) in [4.78, 5) is 22.2. The van der Waals surface area contributed by atoms with Gasteiger partial charge in [-0.2, -0.15) is 0 Å². The van der Waals surface area contributed by atoms with E-state index < -0.39 is 11.4 Å². The zero-order valence-corrected chi connectivity index (χ0v) is 10.9. The van der Waals surface area contributed by atoms with Gasteiger partial charge in [-0.15, -0.1) is 5.10 Å². The van der Waals surface area contributed by atoms with Gasteiger partial charge < -0.3 is 11.5 Å². The van der Waals surface area contributed by atoms with Crippen LogP contribution >= 0.6 is 11.8 Å². The zero-order chi connectivity index (χ0) is 13.2. The molecule has 96 valence electrons.